The van der Waals surface area contributed by atoms with Gasteiger partial charge < -0.3 is 14.8 Å². The molecule has 23 heavy (non-hydrogen) atoms. The van der Waals surface area contributed by atoms with Crippen LogP contribution >= 0.6 is 11.6 Å². The molecule has 1 amide bonds. The molecule has 2 aromatic rings. The van der Waals surface area contributed by atoms with Crippen molar-refractivity contribution < 1.29 is 14.3 Å². The van der Waals surface area contributed by atoms with Crippen molar-refractivity contribution in [3.8, 4) is 11.5 Å². The van der Waals surface area contributed by atoms with Crippen LogP contribution in [0.3, 0.4) is 0 Å². The average Bonchev–Trinajstić information content (AvgIpc) is 3.35. The summed E-state index contributed by atoms with van der Waals surface area (Å²) in [4.78, 5) is 12.4. The fraction of sp³-hybridized carbons (Fsp3) is 0.278. The molecule has 0 aliphatic heterocycles. The fourth-order valence-corrected chi connectivity index (χ4v) is 3.03. The van der Waals surface area contributed by atoms with Crippen LogP contribution < -0.4 is 14.8 Å². The molecule has 1 saturated carbocycles. The van der Waals surface area contributed by atoms with Crippen molar-refractivity contribution in [2.24, 2.45) is 5.92 Å². The Labute approximate surface area is 140 Å². The van der Waals surface area contributed by atoms with Gasteiger partial charge in [0, 0.05) is 22.7 Å². The minimum absolute atomic E-state index is 0.00198. The molecule has 5 heteroatoms. The Bertz CT molecular complexity index is 732. The first-order chi connectivity index (χ1) is 11.1. The van der Waals surface area contributed by atoms with Gasteiger partial charge in [-0.15, -0.1) is 0 Å². The maximum Gasteiger partial charge on any atom is 0.228 e. The summed E-state index contributed by atoms with van der Waals surface area (Å²) in [6.07, 6.45) is 0.822. The average molecular weight is 332 g/mol. The maximum atomic E-state index is 12.4. The zero-order chi connectivity index (χ0) is 16.4. The predicted molar refractivity (Wildman–Crippen MR) is 90.5 cm³/mol. The third-order valence-corrected chi connectivity index (χ3v) is 4.43. The number of nitrogens with one attached hydrogen (secondary N) is 1. The van der Waals surface area contributed by atoms with Gasteiger partial charge in [-0.2, -0.15) is 0 Å². The largest absolute Gasteiger partial charge is 0.493 e. The van der Waals surface area contributed by atoms with Crippen LogP contribution in [0, 0.1) is 5.92 Å². The molecule has 120 valence electrons. The van der Waals surface area contributed by atoms with Crippen molar-refractivity contribution in [2.75, 3.05) is 19.5 Å². The first-order valence-corrected chi connectivity index (χ1v) is 7.79. The highest BCUT2D eigenvalue weighted by Crippen LogP contribution is 2.50. The van der Waals surface area contributed by atoms with E-state index < -0.39 is 0 Å². The highest BCUT2D eigenvalue weighted by Gasteiger charge is 2.44. The number of halogens is 1. The number of anilines is 1. The van der Waals surface area contributed by atoms with Gasteiger partial charge in [-0.1, -0.05) is 29.8 Å². The van der Waals surface area contributed by atoms with Crippen molar-refractivity contribution in [1.29, 1.82) is 0 Å². The van der Waals surface area contributed by atoms with Crippen LogP contribution in [0.1, 0.15) is 17.9 Å². The van der Waals surface area contributed by atoms with Gasteiger partial charge in [0.25, 0.3) is 0 Å². The predicted octanol–water partition coefficient (Wildman–Crippen LogP) is 4.10. The summed E-state index contributed by atoms with van der Waals surface area (Å²) in [6, 6.07) is 13.0. The Balaban J connectivity index is 1.68. The molecule has 0 saturated heterocycles. The van der Waals surface area contributed by atoms with Crippen molar-refractivity contribution in [1.82, 2.24) is 0 Å². The molecule has 0 aromatic heterocycles. The van der Waals surface area contributed by atoms with E-state index in [1.54, 1.807) is 32.4 Å². The van der Waals surface area contributed by atoms with Gasteiger partial charge in [0.05, 0.1) is 14.2 Å². The minimum atomic E-state index is -0.0389. The first-order valence-electron chi connectivity index (χ1n) is 7.41. The van der Waals surface area contributed by atoms with Gasteiger partial charge in [-0.25, -0.2) is 0 Å². The Morgan fingerprint density at radius 3 is 2.57 bits per heavy atom. The van der Waals surface area contributed by atoms with Gasteiger partial charge in [0.1, 0.15) is 0 Å². The van der Waals surface area contributed by atoms with Crippen LogP contribution in [0.25, 0.3) is 0 Å². The van der Waals surface area contributed by atoms with Crippen molar-refractivity contribution in [3.63, 3.8) is 0 Å². The molecule has 0 heterocycles. The quantitative estimate of drug-likeness (QED) is 0.897. The smallest absolute Gasteiger partial charge is 0.228 e. The molecule has 1 aliphatic carbocycles. The van der Waals surface area contributed by atoms with Crippen LogP contribution in [0.5, 0.6) is 11.5 Å². The molecule has 0 spiro atoms. The normalized spacial score (nSPS) is 19.1. The monoisotopic (exact) mass is 331 g/mol. The summed E-state index contributed by atoms with van der Waals surface area (Å²) in [7, 11) is 3.15. The summed E-state index contributed by atoms with van der Waals surface area (Å²) in [5, 5.41) is 3.65. The second-order valence-electron chi connectivity index (χ2n) is 5.53. The zero-order valence-corrected chi connectivity index (χ0v) is 13.8. The number of carbonyl (C=O) groups excluding carboxylic acids is 1. The molecule has 2 aromatic carbocycles. The van der Waals surface area contributed by atoms with Gasteiger partial charge in [0.2, 0.25) is 5.91 Å². The first kappa shape index (κ1) is 15.7. The molecule has 0 radical (unpaired) electrons. The molecule has 1 aliphatic rings. The number of amides is 1. The third-order valence-electron chi connectivity index (χ3n) is 4.08. The van der Waals surface area contributed by atoms with Crippen LogP contribution in [-0.4, -0.2) is 20.1 Å². The van der Waals surface area contributed by atoms with E-state index in [-0.39, 0.29) is 17.7 Å². The topological polar surface area (TPSA) is 47.6 Å². The molecule has 0 bridgehead atoms. The van der Waals surface area contributed by atoms with E-state index >= 15 is 0 Å². The van der Waals surface area contributed by atoms with E-state index in [1.165, 1.54) is 0 Å². The maximum absolute atomic E-state index is 12.4. The van der Waals surface area contributed by atoms with Crippen LogP contribution in [0.2, 0.25) is 5.02 Å². The highest BCUT2D eigenvalue weighted by atomic mass is 35.5. The number of hydrogen-bond acceptors (Lipinski definition) is 3. The number of rotatable bonds is 5. The Morgan fingerprint density at radius 1 is 1.13 bits per heavy atom. The van der Waals surface area contributed by atoms with E-state index in [4.69, 9.17) is 21.1 Å². The lowest BCUT2D eigenvalue weighted by Crippen LogP contribution is -2.14. The summed E-state index contributed by atoms with van der Waals surface area (Å²) in [6.45, 7) is 0. The van der Waals surface area contributed by atoms with Crippen molar-refractivity contribution in [3.05, 3.63) is 53.1 Å². The zero-order valence-electron chi connectivity index (χ0n) is 13.0. The highest BCUT2D eigenvalue weighted by molar-refractivity contribution is 6.31. The van der Waals surface area contributed by atoms with Crippen LogP contribution in [0.15, 0.2) is 42.5 Å². The summed E-state index contributed by atoms with van der Waals surface area (Å²) < 4.78 is 10.4. The number of hydrogen-bond donors (Lipinski definition) is 1. The lowest BCUT2D eigenvalue weighted by Gasteiger charge is -2.10. The minimum Gasteiger partial charge on any atom is -0.493 e. The lowest BCUT2D eigenvalue weighted by atomic mass is 10.1. The summed E-state index contributed by atoms with van der Waals surface area (Å²) in [5.74, 6) is 1.38. The third kappa shape index (κ3) is 3.27. The molecular formula is C18H18ClNO3. The lowest BCUT2D eigenvalue weighted by molar-refractivity contribution is -0.117. The van der Waals surface area contributed by atoms with Gasteiger partial charge >= 0.3 is 0 Å². The molecular weight excluding hydrogens is 314 g/mol. The summed E-state index contributed by atoms with van der Waals surface area (Å²) >= 11 is 6.20. The van der Waals surface area contributed by atoms with E-state index in [0.717, 1.165) is 17.0 Å². The van der Waals surface area contributed by atoms with Crippen molar-refractivity contribution in [2.45, 2.75) is 12.3 Å². The number of methoxy groups -OCH3 is 2. The second kappa shape index (κ2) is 6.50. The van der Waals surface area contributed by atoms with Gasteiger partial charge in [0.15, 0.2) is 11.5 Å². The van der Waals surface area contributed by atoms with E-state index in [9.17, 15) is 4.79 Å². The van der Waals surface area contributed by atoms with Crippen LogP contribution in [-0.2, 0) is 4.79 Å². The molecule has 2 atom stereocenters. The molecule has 1 N–H and O–H groups in total. The summed E-state index contributed by atoms with van der Waals surface area (Å²) in [5.41, 5.74) is 1.74. The number of carbonyl (C=O) groups is 1. The second-order valence-corrected chi connectivity index (χ2v) is 5.94. The number of ether oxygens (including phenoxy) is 2. The Hall–Kier alpha value is -2.20. The van der Waals surface area contributed by atoms with E-state index in [1.807, 2.05) is 24.3 Å². The Kier molecular flexibility index (Phi) is 4.44. The molecule has 3 rings (SSSR count). The van der Waals surface area contributed by atoms with Gasteiger partial charge in [-0.3, -0.25) is 4.79 Å². The van der Waals surface area contributed by atoms with Crippen LogP contribution in [0.4, 0.5) is 5.69 Å². The number of benzene rings is 2. The standard InChI is InChI=1S/C18H18ClNO3/c1-22-16-8-7-11(9-17(16)23-2)20-18(21)14-10-13(14)12-5-3-4-6-15(12)19/h3-9,13-14H,10H2,1-2H3,(H,20,21). The van der Waals surface area contributed by atoms with E-state index in [0.29, 0.717) is 17.2 Å². The van der Waals surface area contributed by atoms with Crippen molar-refractivity contribution >= 4 is 23.2 Å². The van der Waals surface area contributed by atoms with Gasteiger partial charge in [-0.05, 0) is 36.1 Å². The SMILES string of the molecule is COc1ccc(NC(=O)C2CC2c2ccccc2Cl)cc1OC. The molecule has 4 nitrogen and oxygen atoms in total. The molecule has 1 fully saturated rings. The Morgan fingerprint density at radius 2 is 1.87 bits per heavy atom. The van der Waals surface area contributed by atoms with E-state index in [2.05, 4.69) is 5.32 Å². The molecule has 2 unspecified atom stereocenters. The fourth-order valence-electron chi connectivity index (χ4n) is 2.75.